The molecule has 0 spiro atoms. The average molecular weight is 168 g/mol. The number of nitrogens with zero attached hydrogens (tertiary/aromatic N) is 2. The van der Waals surface area contributed by atoms with Crippen LogP contribution in [0, 0.1) is 0 Å². The maximum Gasteiger partial charge on any atom is 0.0455 e. The standard InChI is InChI=1S/C8H12N2S/c1-6(2)10-4-7-3-9-11-8(7)5-10/h3,6H,4-5H2,1-2H3. The molecule has 11 heavy (non-hydrogen) atoms. The lowest BCUT2D eigenvalue weighted by Crippen LogP contribution is -2.24. The van der Waals surface area contributed by atoms with Gasteiger partial charge in [0.25, 0.3) is 0 Å². The largest absolute Gasteiger partial charge is 0.291 e. The number of rotatable bonds is 1. The van der Waals surface area contributed by atoms with Crippen LogP contribution in [0.3, 0.4) is 0 Å². The predicted octanol–water partition coefficient (Wildman–Crippen LogP) is 1.87. The van der Waals surface area contributed by atoms with Crippen molar-refractivity contribution in [3.05, 3.63) is 16.6 Å². The summed E-state index contributed by atoms with van der Waals surface area (Å²) in [5.74, 6) is 0. The van der Waals surface area contributed by atoms with E-state index in [1.165, 1.54) is 10.4 Å². The van der Waals surface area contributed by atoms with E-state index in [-0.39, 0.29) is 0 Å². The number of aromatic nitrogens is 1. The highest BCUT2D eigenvalue weighted by atomic mass is 32.1. The van der Waals surface area contributed by atoms with Crippen molar-refractivity contribution in [1.82, 2.24) is 9.27 Å². The maximum atomic E-state index is 4.15. The first-order chi connectivity index (χ1) is 5.27. The molecule has 0 radical (unpaired) electrons. The topological polar surface area (TPSA) is 16.1 Å². The van der Waals surface area contributed by atoms with Crippen molar-refractivity contribution in [3.8, 4) is 0 Å². The van der Waals surface area contributed by atoms with E-state index in [4.69, 9.17) is 0 Å². The van der Waals surface area contributed by atoms with Gasteiger partial charge in [0.2, 0.25) is 0 Å². The SMILES string of the molecule is CC(C)N1Cc2cnsc2C1. The lowest BCUT2D eigenvalue weighted by atomic mass is 10.3. The molecule has 3 heteroatoms. The van der Waals surface area contributed by atoms with Crippen LogP contribution in [0.4, 0.5) is 0 Å². The normalized spacial score (nSPS) is 17.7. The van der Waals surface area contributed by atoms with Crippen LogP contribution < -0.4 is 0 Å². The third kappa shape index (κ3) is 1.19. The third-order valence-corrected chi connectivity index (χ3v) is 3.00. The number of hydrogen-bond donors (Lipinski definition) is 0. The minimum atomic E-state index is 0.662. The summed E-state index contributed by atoms with van der Waals surface area (Å²) < 4.78 is 4.15. The number of fused-ring (bicyclic) bond motifs is 1. The second kappa shape index (κ2) is 2.57. The first kappa shape index (κ1) is 7.25. The molecule has 60 valence electrons. The molecule has 1 aliphatic heterocycles. The molecule has 1 aromatic heterocycles. The summed E-state index contributed by atoms with van der Waals surface area (Å²) in [6.45, 7) is 6.69. The molecular weight excluding hydrogens is 156 g/mol. The summed E-state index contributed by atoms with van der Waals surface area (Å²) in [5.41, 5.74) is 1.43. The van der Waals surface area contributed by atoms with Crippen molar-refractivity contribution in [2.45, 2.75) is 33.0 Å². The summed E-state index contributed by atoms with van der Waals surface area (Å²) in [6.07, 6.45) is 2.00. The van der Waals surface area contributed by atoms with E-state index in [0.29, 0.717) is 6.04 Å². The Morgan fingerprint density at radius 1 is 1.55 bits per heavy atom. The molecule has 1 aliphatic rings. The van der Waals surface area contributed by atoms with Gasteiger partial charge in [-0.15, -0.1) is 0 Å². The maximum absolute atomic E-state index is 4.15. The molecule has 0 unspecified atom stereocenters. The third-order valence-electron chi connectivity index (χ3n) is 2.18. The van der Waals surface area contributed by atoms with Crippen LogP contribution in [0.15, 0.2) is 6.20 Å². The molecule has 2 rings (SSSR count). The highest BCUT2D eigenvalue weighted by Crippen LogP contribution is 2.26. The van der Waals surface area contributed by atoms with Crippen molar-refractivity contribution in [1.29, 1.82) is 0 Å². The molecule has 0 atom stereocenters. The van der Waals surface area contributed by atoms with Gasteiger partial charge in [-0.3, -0.25) is 4.90 Å². The van der Waals surface area contributed by atoms with Gasteiger partial charge < -0.3 is 0 Å². The molecule has 0 fully saturated rings. The van der Waals surface area contributed by atoms with E-state index < -0.39 is 0 Å². The predicted molar refractivity (Wildman–Crippen MR) is 46.5 cm³/mol. The van der Waals surface area contributed by atoms with Gasteiger partial charge in [-0.2, -0.15) is 0 Å². The van der Waals surface area contributed by atoms with E-state index >= 15 is 0 Å². The molecule has 0 aromatic carbocycles. The molecular formula is C8H12N2S. The molecule has 1 aromatic rings. The fourth-order valence-electron chi connectivity index (χ4n) is 1.37. The monoisotopic (exact) mass is 168 g/mol. The van der Waals surface area contributed by atoms with E-state index in [9.17, 15) is 0 Å². The number of hydrogen-bond acceptors (Lipinski definition) is 3. The van der Waals surface area contributed by atoms with Gasteiger partial charge in [-0.25, -0.2) is 4.37 Å². The molecule has 0 bridgehead atoms. The van der Waals surface area contributed by atoms with E-state index in [0.717, 1.165) is 13.1 Å². The van der Waals surface area contributed by atoms with Crippen LogP contribution in [0.1, 0.15) is 24.3 Å². The van der Waals surface area contributed by atoms with E-state index in [1.54, 1.807) is 11.5 Å². The fraction of sp³-hybridized carbons (Fsp3) is 0.625. The van der Waals surface area contributed by atoms with Gasteiger partial charge in [0.05, 0.1) is 0 Å². The molecule has 0 saturated heterocycles. The van der Waals surface area contributed by atoms with Gasteiger partial charge in [-0.1, -0.05) is 0 Å². The zero-order valence-electron chi connectivity index (χ0n) is 6.87. The Kier molecular flexibility index (Phi) is 1.69. The van der Waals surface area contributed by atoms with Gasteiger partial charge in [0.15, 0.2) is 0 Å². The zero-order chi connectivity index (χ0) is 7.84. The molecule has 0 aliphatic carbocycles. The Hall–Kier alpha value is -0.410. The summed E-state index contributed by atoms with van der Waals surface area (Å²) in [7, 11) is 0. The minimum Gasteiger partial charge on any atom is -0.291 e. The van der Waals surface area contributed by atoms with Crippen molar-refractivity contribution in [2.24, 2.45) is 0 Å². The Morgan fingerprint density at radius 2 is 2.36 bits per heavy atom. The molecule has 0 saturated carbocycles. The van der Waals surface area contributed by atoms with E-state index in [1.807, 2.05) is 6.20 Å². The van der Waals surface area contributed by atoms with Crippen LogP contribution in [0.5, 0.6) is 0 Å². The summed E-state index contributed by atoms with van der Waals surface area (Å²) in [5, 5.41) is 0. The first-order valence-corrected chi connectivity index (χ1v) is 4.71. The zero-order valence-corrected chi connectivity index (χ0v) is 7.69. The lowest BCUT2D eigenvalue weighted by molar-refractivity contribution is 0.228. The summed E-state index contributed by atoms with van der Waals surface area (Å²) in [6, 6.07) is 0.662. The smallest absolute Gasteiger partial charge is 0.0455 e. The van der Waals surface area contributed by atoms with Crippen LogP contribution in [0.25, 0.3) is 0 Å². The highest BCUT2D eigenvalue weighted by Gasteiger charge is 2.22. The molecule has 2 heterocycles. The summed E-state index contributed by atoms with van der Waals surface area (Å²) in [4.78, 5) is 3.92. The fourth-order valence-corrected chi connectivity index (χ4v) is 2.13. The van der Waals surface area contributed by atoms with E-state index in [2.05, 4.69) is 23.1 Å². The van der Waals surface area contributed by atoms with Crippen molar-refractivity contribution < 1.29 is 0 Å². The van der Waals surface area contributed by atoms with Crippen molar-refractivity contribution in [3.63, 3.8) is 0 Å². The second-order valence-corrected chi connectivity index (χ2v) is 4.16. The van der Waals surface area contributed by atoms with Gasteiger partial charge in [0.1, 0.15) is 0 Å². The average Bonchev–Trinajstić information content (AvgIpc) is 2.40. The van der Waals surface area contributed by atoms with Gasteiger partial charge >= 0.3 is 0 Å². The Bertz CT molecular complexity index is 234. The molecule has 0 amide bonds. The van der Waals surface area contributed by atoms with Gasteiger partial charge in [0, 0.05) is 35.8 Å². The van der Waals surface area contributed by atoms with Crippen LogP contribution >= 0.6 is 11.5 Å². The minimum absolute atomic E-state index is 0.662. The summed E-state index contributed by atoms with van der Waals surface area (Å²) >= 11 is 1.64. The Balaban J connectivity index is 2.16. The van der Waals surface area contributed by atoms with Crippen molar-refractivity contribution in [2.75, 3.05) is 0 Å². The van der Waals surface area contributed by atoms with Gasteiger partial charge in [-0.05, 0) is 25.4 Å². The van der Waals surface area contributed by atoms with Crippen LogP contribution in [-0.2, 0) is 13.1 Å². The second-order valence-electron chi connectivity index (χ2n) is 3.27. The Morgan fingerprint density at radius 3 is 3.00 bits per heavy atom. The molecule has 0 N–H and O–H groups in total. The van der Waals surface area contributed by atoms with Crippen LogP contribution in [0.2, 0.25) is 0 Å². The lowest BCUT2D eigenvalue weighted by Gasteiger charge is -2.18. The molecule has 2 nitrogen and oxygen atoms in total. The quantitative estimate of drug-likeness (QED) is 0.636. The van der Waals surface area contributed by atoms with Crippen LogP contribution in [-0.4, -0.2) is 15.3 Å². The highest BCUT2D eigenvalue weighted by molar-refractivity contribution is 7.05. The Labute approximate surface area is 71.0 Å². The van der Waals surface area contributed by atoms with Crippen molar-refractivity contribution >= 4 is 11.5 Å². The first-order valence-electron chi connectivity index (χ1n) is 3.94.